The van der Waals surface area contributed by atoms with Crippen molar-refractivity contribution in [2.45, 2.75) is 39.3 Å². The number of hydrogen-bond acceptors (Lipinski definition) is 4. The fraction of sp³-hybridized carbons (Fsp3) is 0.348. The van der Waals surface area contributed by atoms with Gasteiger partial charge < -0.3 is 4.40 Å². The largest absolute Gasteiger partial charge is 0.302 e. The van der Waals surface area contributed by atoms with Crippen molar-refractivity contribution in [2.75, 3.05) is 6.54 Å². The van der Waals surface area contributed by atoms with Crippen LogP contribution >= 0.6 is 0 Å². The van der Waals surface area contributed by atoms with Gasteiger partial charge in [-0.3, -0.25) is 14.6 Å². The van der Waals surface area contributed by atoms with Crippen molar-refractivity contribution >= 4 is 5.65 Å². The fourth-order valence-corrected chi connectivity index (χ4v) is 4.39. The standard InChI is InChI=1S/C23H26N6/c1-16-8-10-29-22(17(2)26-23(29)11-16)15-28-9-4-5-21(28)20-7-6-18(12-24-20)19-13-25-27(3)14-19/h6-8,10-14,21H,4-5,9,15H2,1-3H3/t21-/m0/s1. The lowest BCUT2D eigenvalue weighted by Gasteiger charge is -2.24. The Morgan fingerprint density at radius 1 is 1.10 bits per heavy atom. The number of nitrogens with zero attached hydrogens (tertiary/aromatic N) is 6. The van der Waals surface area contributed by atoms with Crippen LogP contribution in [0.3, 0.4) is 0 Å². The van der Waals surface area contributed by atoms with Crippen LogP contribution in [0.5, 0.6) is 0 Å². The lowest BCUT2D eigenvalue weighted by atomic mass is 10.1. The molecule has 148 valence electrons. The molecule has 0 saturated carbocycles. The molecule has 0 radical (unpaired) electrons. The van der Waals surface area contributed by atoms with Gasteiger partial charge in [0.25, 0.3) is 0 Å². The zero-order valence-corrected chi connectivity index (χ0v) is 17.2. The normalized spacial score (nSPS) is 17.4. The molecule has 5 heterocycles. The van der Waals surface area contributed by atoms with E-state index >= 15 is 0 Å². The minimum Gasteiger partial charge on any atom is -0.302 e. The first-order chi connectivity index (χ1) is 14.1. The number of imidazole rings is 1. The van der Waals surface area contributed by atoms with Crippen LogP contribution in [-0.4, -0.2) is 35.6 Å². The Hall–Kier alpha value is -2.99. The van der Waals surface area contributed by atoms with Crippen LogP contribution in [0.2, 0.25) is 0 Å². The summed E-state index contributed by atoms with van der Waals surface area (Å²) in [4.78, 5) is 12.1. The number of hydrogen-bond donors (Lipinski definition) is 0. The lowest BCUT2D eigenvalue weighted by Crippen LogP contribution is -2.24. The molecule has 6 nitrogen and oxygen atoms in total. The molecule has 1 aliphatic heterocycles. The minimum absolute atomic E-state index is 0.355. The van der Waals surface area contributed by atoms with Crippen LogP contribution in [0.15, 0.2) is 49.1 Å². The van der Waals surface area contributed by atoms with Crippen LogP contribution in [0, 0.1) is 13.8 Å². The van der Waals surface area contributed by atoms with Gasteiger partial charge in [0.1, 0.15) is 5.65 Å². The predicted octanol–water partition coefficient (Wildman–Crippen LogP) is 4.08. The van der Waals surface area contributed by atoms with Gasteiger partial charge in [-0.05, 0) is 57.0 Å². The van der Waals surface area contributed by atoms with E-state index in [1.54, 1.807) is 0 Å². The summed E-state index contributed by atoms with van der Waals surface area (Å²) in [6.07, 6.45) is 10.4. The van der Waals surface area contributed by atoms with Crippen molar-refractivity contribution in [2.24, 2.45) is 7.05 Å². The smallest absolute Gasteiger partial charge is 0.137 e. The molecule has 5 rings (SSSR count). The third kappa shape index (κ3) is 3.34. The van der Waals surface area contributed by atoms with E-state index in [9.17, 15) is 0 Å². The van der Waals surface area contributed by atoms with E-state index in [1.807, 2.05) is 30.3 Å². The predicted molar refractivity (Wildman–Crippen MR) is 113 cm³/mol. The van der Waals surface area contributed by atoms with E-state index in [0.29, 0.717) is 6.04 Å². The van der Waals surface area contributed by atoms with Gasteiger partial charge in [-0.15, -0.1) is 0 Å². The average Bonchev–Trinajstić information content (AvgIpc) is 3.42. The maximum atomic E-state index is 4.82. The molecule has 29 heavy (non-hydrogen) atoms. The van der Waals surface area contributed by atoms with Gasteiger partial charge in [-0.25, -0.2) is 4.98 Å². The highest BCUT2D eigenvalue weighted by atomic mass is 15.2. The van der Waals surface area contributed by atoms with Crippen molar-refractivity contribution < 1.29 is 0 Å². The van der Waals surface area contributed by atoms with E-state index in [4.69, 9.17) is 9.97 Å². The summed E-state index contributed by atoms with van der Waals surface area (Å²) in [6.45, 7) is 6.21. The molecule has 0 bridgehead atoms. The summed E-state index contributed by atoms with van der Waals surface area (Å²) in [7, 11) is 1.94. The molecular weight excluding hydrogens is 360 g/mol. The molecule has 1 saturated heterocycles. The summed E-state index contributed by atoms with van der Waals surface area (Å²) >= 11 is 0. The van der Waals surface area contributed by atoms with E-state index < -0.39 is 0 Å². The van der Waals surface area contributed by atoms with Crippen molar-refractivity contribution in [1.82, 2.24) is 29.0 Å². The average molecular weight is 387 g/mol. The third-order valence-electron chi connectivity index (χ3n) is 5.96. The van der Waals surface area contributed by atoms with Gasteiger partial charge >= 0.3 is 0 Å². The van der Waals surface area contributed by atoms with Crippen molar-refractivity contribution in [3.8, 4) is 11.1 Å². The molecule has 4 aromatic rings. The van der Waals surface area contributed by atoms with Crippen LogP contribution in [0.4, 0.5) is 0 Å². The maximum Gasteiger partial charge on any atom is 0.137 e. The second-order valence-corrected chi connectivity index (χ2v) is 8.08. The molecule has 6 heteroatoms. The third-order valence-corrected chi connectivity index (χ3v) is 5.96. The first kappa shape index (κ1) is 18.1. The highest BCUT2D eigenvalue weighted by Crippen LogP contribution is 2.33. The number of aromatic nitrogens is 5. The monoisotopic (exact) mass is 386 g/mol. The maximum absolute atomic E-state index is 4.82. The Kier molecular flexibility index (Phi) is 4.43. The van der Waals surface area contributed by atoms with Gasteiger partial charge in [-0.1, -0.05) is 6.07 Å². The molecule has 1 fully saturated rings. The summed E-state index contributed by atoms with van der Waals surface area (Å²) in [6, 6.07) is 9.00. The van der Waals surface area contributed by atoms with Gasteiger partial charge in [0, 0.05) is 43.3 Å². The summed E-state index contributed by atoms with van der Waals surface area (Å²) in [5, 5.41) is 4.26. The Balaban J connectivity index is 1.40. The summed E-state index contributed by atoms with van der Waals surface area (Å²) < 4.78 is 4.05. The molecular formula is C23H26N6. The Labute approximate surface area is 170 Å². The van der Waals surface area contributed by atoms with E-state index in [0.717, 1.165) is 47.7 Å². The number of likely N-dealkylation sites (tertiary alicyclic amines) is 1. The molecule has 0 aliphatic carbocycles. The lowest BCUT2D eigenvalue weighted by molar-refractivity contribution is 0.240. The minimum atomic E-state index is 0.355. The second kappa shape index (κ2) is 7.12. The van der Waals surface area contributed by atoms with E-state index in [2.05, 4.69) is 58.7 Å². The first-order valence-corrected chi connectivity index (χ1v) is 10.2. The van der Waals surface area contributed by atoms with Crippen molar-refractivity contribution in [1.29, 1.82) is 0 Å². The van der Waals surface area contributed by atoms with E-state index in [-0.39, 0.29) is 0 Å². The first-order valence-electron chi connectivity index (χ1n) is 10.2. The summed E-state index contributed by atoms with van der Waals surface area (Å²) in [5.74, 6) is 0. The van der Waals surface area contributed by atoms with Crippen LogP contribution in [0.25, 0.3) is 16.8 Å². The number of aryl methyl sites for hydroxylation is 3. The zero-order chi connectivity index (χ0) is 20.0. The molecule has 0 spiro atoms. The molecule has 0 unspecified atom stereocenters. The quantitative estimate of drug-likeness (QED) is 0.530. The second-order valence-electron chi connectivity index (χ2n) is 8.08. The van der Waals surface area contributed by atoms with Gasteiger partial charge in [0.15, 0.2) is 0 Å². The topological polar surface area (TPSA) is 51.2 Å². The molecule has 0 N–H and O–H groups in total. The SMILES string of the molecule is Cc1ccn2c(CN3CCC[C@H]3c3ccc(-c4cnn(C)c4)cn3)c(C)nc2c1. The Morgan fingerprint density at radius 3 is 2.76 bits per heavy atom. The number of fused-ring (bicyclic) bond motifs is 1. The molecule has 1 aliphatic rings. The van der Waals surface area contributed by atoms with Crippen molar-refractivity contribution in [3.05, 3.63) is 71.7 Å². The zero-order valence-electron chi connectivity index (χ0n) is 17.2. The molecule has 0 aromatic carbocycles. The van der Waals surface area contributed by atoms with Crippen molar-refractivity contribution in [3.63, 3.8) is 0 Å². The number of pyridine rings is 2. The Morgan fingerprint density at radius 2 is 2.00 bits per heavy atom. The fourth-order valence-electron chi connectivity index (χ4n) is 4.39. The summed E-state index contributed by atoms with van der Waals surface area (Å²) in [5.41, 5.74) is 8.03. The highest BCUT2D eigenvalue weighted by molar-refractivity contribution is 5.60. The van der Waals surface area contributed by atoms with Crippen LogP contribution in [-0.2, 0) is 13.6 Å². The van der Waals surface area contributed by atoms with Gasteiger partial charge in [-0.2, -0.15) is 5.10 Å². The van der Waals surface area contributed by atoms with Gasteiger partial charge in [0.05, 0.1) is 29.3 Å². The number of rotatable bonds is 4. The Bertz CT molecular complexity index is 1150. The molecule has 0 amide bonds. The van der Waals surface area contributed by atoms with Gasteiger partial charge in [0.2, 0.25) is 0 Å². The highest BCUT2D eigenvalue weighted by Gasteiger charge is 2.28. The van der Waals surface area contributed by atoms with E-state index in [1.165, 1.54) is 17.7 Å². The van der Waals surface area contributed by atoms with Crippen LogP contribution in [0.1, 0.15) is 41.5 Å². The molecule has 4 aromatic heterocycles. The van der Waals surface area contributed by atoms with Crippen LogP contribution < -0.4 is 0 Å². The molecule has 1 atom stereocenters.